The minimum absolute atomic E-state index is 0.157. The van der Waals surface area contributed by atoms with Crippen LogP contribution < -0.4 is 5.32 Å². The molecule has 0 bridgehead atoms. The summed E-state index contributed by atoms with van der Waals surface area (Å²) in [4.78, 5) is 24.2. The van der Waals surface area contributed by atoms with Crippen molar-refractivity contribution >= 4 is 45.2 Å². The van der Waals surface area contributed by atoms with Crippen molar-refractivity contribution in [1.29, 1.82) is 0 Å². The average molecular weight is 430 g/mol. The van der Waals surface area contributed by atoms with Crippen molar-refractivity contribution in [3.05, 3.63) is 40.5 Å². The van der Waals surface area contributed by atoms with Crippen molar-refractivity contribution < 1.29 is 9.32 Å². The van der Waals surface area contributed by atoms with E-state index in [4.69, 9.17) is 4.52 Å². The summed E-state index contributed by atoms with van der Waals surface area (Å²) in [5, 5.41) is 16.8. The van der Waals surface area contributed by atoms with Crippen molar-refractivity contribution in [2.24, 2.45) is 0 Å². The maximum absolute atomic E-state index is 12.0. The summed E-state index contributed by atoms with van der Waals surface area (Å²) in [5.41, 5.74) is 3.12. The molecule has 1 amide bonds. The summed E-state index contributed by atoms with van der Waals surface area (Å²) in [6.45, 7) is 4.04. The molecule has 0 radical (unpaired) electrons. The van der Waals surface area contributed by atoms with Crippen LogP contribution in [0.2, 0.25) is 0 Å². The van der Waals surface area contributed by atoms with Crippen LogP contribution in [0.15, 0.2) is 27.9 Å². The van der Waals surface area contributed by atoms with E-state index in [0.29, 0.717) is 29.0 Å². The Balaban J connectivity index is 1.27. The molecule has 4 aromatic rings. The highest BCUT2D eigenvalue weighted by Gasteiger charge is 2.12. The minimum atomic E-state index is -0.157. The van der Waals surface area contributed by atoms with Gasteiger partial charge in [0.05, 0.1) is 16.8 Å². The van der Waals surface area contributed by atoms with Crippen LogP contribution in [0.25, 0.3) is 11.0 Å². The number of hydrogen-bond acceptors (Lipinski definition) is 9. The molecule has 0 saturated heterocycles. The number of imidazole rings is 1. The number of anilines is 1. The van der Waals surface area contributed by atoms with Gasteiger partial charge in [-0.1, -0.05) is 41.2 Å². The molecule has 1 aromatic carbocycles. The van der Waals surface area contributed by atoms with Gasteiger partial charge in [-0.25, -0.2) is 4.98 Å². The van der Waals surface area contributed by atoms with E-state index in [0.717, 1.165) is 27.6 Å². The zero-order valence-electron chi connectivity index (χ0n) is 15.9. The molecule has 0 unspecified atom stereocenters. The Morgan fingerprint density at radius 1 is 1.31 bits per heavy atom. The first-order chi connectivity index (χ1) is 14.1. The number of aryl methyl sites for hydroxylation is 3. The van der Waals surface area contributed by atoms with Gasteiger partial charge in [-0.05, 0) is 31.0 Å². The molecule has 0 aliphatic carbocycles. The number of thioether (sulfide) groups is 1. The first kappa shape index (κ1) is 19.5. The molecule has 9 nitrogen and oxygen atoms in total. The lowest BCUT2D eigenvalue weighted by atomic mass is 10.2. The van der Waals surface area contributed by atoms with E-state index < -0.39 is 0 Å². The van der Waals surface area contributed by atoms with Crippen LogP contribution in [-0.2, 0) is 23.4 Å². The van der Waals surface area contributed by atoms with Crippen LogP contribution in [0.3, 0.4) is 0 Å². The number of aromatic nitrogens is 6. The van der Waals surface area contributed by atoms with Gasteiger partial charge >= 0.3 is 0 Å². The first-order valence-corrected chi connectivity index (χ1v) is 10.9. The largest absolute Gasteiger partial charge is 0.339 e. The van der Waals surface area contributed by atoms with Gasteiger partial charge in [-0.15, -0.1) is 10.2 Å². The number of amides is 1. The summed E-state index contributed by atoms with van der Waals surface area (Å²) >= 11 is 2.88. The third kappa shape index (κ3) is 4.98. The molecular weight excluding hydrogens is 410 g/mol. The summed E-state index contributed by atoms with van der Waals surface area (Å²) < 4.78 is 5.24. The summed E-state index contributed by atoms with van der Waals surface area (Å²) in [6, 6.07) is 6.09. The van der Waals surface area contributed by atoms with Gasteiger partial charge in [0.1, 0.15) is 5.01 Å². The fourth-order valence-electron chi connectivity index (χ4n) is 2.60. The second-order valence-corrected chi connectivity index (χ2v) is 8.38. The normalized spacial score (nSPS) is 11.2. The number of hydrogen-bond donors (Lipinski definition) is 2. The maximum Gasteiger partial charge on any atom is 0.227 e. The number of nitrogens with zero attached hydrogens (tertiary/aromatic N) is 5. The van der Waals surface area contributed by atoms with E-state index in [2.05, 4.69) is 41.7 Å². The zero-order chi connectivity index (χ0) is 20.2. The lowest BCUT2D eigenvalue weighted by Crippen LogP contribution is -2.12. The van der Waals surface area contributed by atoms with Crippen LogP contribution in [0.5, 0.6) is 0 Å². The number of fused-ring (bicyclic) bond motifs is 1. The van der Waals surface area contributed by atoms with E-state index in [1.54, 1.807) is 0 Å². The number of carbonyl (C=O) groups is 1. The number of rotatable bonds is 8. The number of H-pyrrole nitrogens is 1. The highest BCUT2D eigenvalue weighted by atomic mass is 32.2. The molecule has 3 heterocycles. The van der Waals surface area contributed by atoms with E-state index in [1.165, 1.54) is 28.7 Å². The van der Waals surface area contributed by atoms with Crippen LogP contribution in [-0.4, -0.2) is 36.2 Å². The van der Waals surface area contributed by atoms with Gasteiger partial charge in [-0.2, -0.15) is 4.98 Å². The Labute approximate surface area is 174 Å². The topological polar surface area (TPSA) is 122 Å². The van der Waals surface area contributed by atoms with Crippen LogP contribution in [0.1, 0.15) is 35.6 Å². The molecule has 4 rings (SSSR count). The van der Waals surface area contributed by atoms with E-state index in [9.17, 15) is 4.79 Å². The lowest BCUT2D eigenvalue weighted by Gasteiger charge is -1.98. The lowest BCUT2D eigenvalue weighted by molar-refractivity contribution is -0.116. The SMILES string of the molecule is CCc1nnc(NC(=O)CCc2nc(CSc3nc4ccc(C)cc4[nH]3)no2)s1. The molecule has 150 valence electrons. The van der Waals surface area contributed by atoms with E-state index >= 15 is 0 Å². The fraction of sp³-hybridized carbons (Fsp3) is 0.333. The molecule has 0 fully saturated rings. The Kier molecular flexibility index (Phi) is 5.86. The Morgan fingerprint density at radius 2 is 2.21 bits per heavy atom. The molecule has 0 aliphatic rings. The van der Waals surface area contributed by atoms with Crippen molar-refractivity contribution in [3.63, 3.8) is 0 Å². The highest BCUT2D eigenvalue weighted by molar-refractivity contribution is 7.98. The second kappa shape index (κ2) is 8.70. The van der Waals surface area contributed by atoms with Crippen molar-refractivity contribution in [1.82, 2.24) is 30.3 Å². The van der Waals surface area contributed by atoms with Gasteiger partial charge in [-0.3, -0.25) is 4.79 Å². The van der Waals surface area contributed by atoms with E-state index in [1.807, 2.05) is 26.0 Å². The average Bonchev–Trinajstić information content (AvgIpc) is 3.43. The molecule has 0 aliphatic heterocycles. The molecule has 11 heteroatoms. The molecule has 29 heavy (non-hydrogen) atoms. The molecular formula is C18H19N7O2S2. The van der Waals surface area contributed by atoms with Gasteiger partial charge in [0.2, 0.25) is 16.9 Å². The van der Waals surface area contributed by atoms with Gasteiger partial charge in [0.25, 0.3) is 0 Å². The van der Waals surface area contributed by atoms with E-state index in [-0.39, 0.29) is 12.3 Å². The van der Waals surface area contributed by atoms with Crippen molar-refractivity contribution in [2.45, 2.75) is 44.0 Å². The quantitative estimate of drug-likeness (QED) is 0.408. The minimum Gasteiger partial charge on any atom is -0.339 e. The number of carbonyl (C=O) groups excluding carboxylic acids is 1. The first-order valence-electron chi connectivity index (χ1n) is 9.12. The van der Waals surface area contributed by atoms with Gasteiger partial charge in [0.15, 0.2) is 11.0 Å². The number of aromatic amines is 1. The van der Waals surface area contributed by atoms with Crippen LogP contribution in [0, 0.1) is 6.92 Å². The molecule has 0 spiro atoms. The zero-order valence-corrected chi connectivity index (χ0v) is 17.6. The molecule has 0 saturated carbocycles. The number of nitrogens with one attached hydrogen (secondary N) is 2. The van der Waals surface area contributed by atoms with Crippen molar-refractivity contribution in [3.8, 4) is 0 Å². The van der Waals surface area contributed by atoms with Crippen LogP contribution in [0.4, 0.5) is 5.13 Å². The van der Waals surface area contributed by atoms with Gasteiger partial charge in [0, 0.05) is 12.8 Å². The monoisotopic (exact) mass is 429 g/mol. The summed E-state index contributed by atoms with van der Waals surface area (Å²) in [6.07, 6.45) is 1.40. The smallest absolute Gasteiger partial charge is 0.227 e. The van der Waals surface area contributed by atoms with Crippen LogP contribution >= 0.6 is 23.1 Å². The molecule has 3 aromatic heterocycles. The second-order valence-electron chi connectivity index (χ2n) is 6.36. The number of benzene rings is 1. The predicted molar refractivity (Wildman–Crippen MR) is 111 cm³/mol. The summed E-state index contributed by atoms with van der Waals surface area (Å²) in [7, 11) is 0. The third-order valence-electron chi connectivity index (χ3n) is 4.05. The standard InChI is InChI=1S/C18H19N7O2S2/c1-3-16-23-24-18(29-16)22-14(26)6-7-15-21-13(25-27-15)9-28-17-19-11-5-4-10(2)8-12(11)20-17/h4-5,8H,3,6-7,9H2,1-2H3,(H,19,20)(H,22,24,26). The fourth-order valence-corrected chi connectivity index (χ4v) is 4.02. The third-order valence-corrected chi connectivity index (χ3v) is 5.90. The maximum atomic E-state index is 12.0. The Morgan fingerprint density at radius 3 is 3.03 bits per heavy atom. The predicted octanol–water partition coefficient (Wildman–Crippen LogP) is 3.53. The summed E-state index contributed by atoms with van der Waals surface area (Å²) in [5.74, 6) is 1.37. The Hall–Kier alpha value is -2.79. The molecule has 0 atom stereocenters. The van der Waals surface area contributed by atoms with Crippen molar-refractivity contribution in [2.75, 3.05) is 5.32 Å². The van der Waals surface area contributed by atoms with Gasteiger partial charge < -0.3 is 14.8 Å². The molecule has 2 N–H and O–H groups in total. The Bertz CT molecular complexity index is 1130. The highest BCUT2D eigenvalue weighted by Crippen LogP contribution is 2.23.